The van der Waals surface area contributed by atoms with Crippen LogP contribution in [0.15, 0.2) is 24.4 Å². The van der Waals surface area contributed by atoms with Gasteiger partial charge in [0, 0.05) is 17.8 Å². The first-order valence-corrected chi connectivity index (χ1v) is 6.46. The van der Waals surface area contributed by atoms with Crippen molar-refractivity contribution in [3.05, 3.63) is 45.8 Å². The van der Waals surface area contributed by atoms with Gasteiger partial charge in [0.25, 0.3) is 5.69 Å². The van der Waals surface area contributed by atoms with Crippen LogP contribution in [0.25, 0.3) is 5.69 Å². The highest BCUT2D eigenvalue weighted by atomic mass is 79.9. The maximum absolute atomic E-state index is 11.0. The third-order valence-electron chi connectivity index (χ3n) is 2.47. The molecule has 2 aromatic rings. The van der Waals surface area contributed by atoms with Crippen molar-refractivity contribution in [1.82, 2.24) is 15.0 Å². The van der Waals surface area contributed by atoms with Gasteiger partial charge in [-0.25, -0.2) is 4.68 Å². The summed E-state index contributed by atoms with van der Waals surface area (Å²) in [6.45, 7) is 1.88. The molecule has 0 aliphatic carbocycles. The van der Waals surface area contributed by atoms with Crippen molar-refractivity contribution in [2.24, 2.45) is 0 Å². The Labute approximate surface area is 112 Å². The zero-order chi connectivity index (χ0) is 13.1. The minimum Gasteiger partial charge on any atom is -0.258 e. The predicted octanol–water partition coefficient (Wildman–Crippen LogP) is 2.42. The van der Waals surface area contributed by atoms with E-state index in [1.807, 2.05) is 6.92 Å². The van der Waals surface area contributed by atoms with E-state index in [2.05, 4.69) is 26.2 Å². The lowest BCUT2D eigenvalue weighted by Gasteiger charge is -2.02. The molecule has 7 heteroatoms. The van der Waals surface area contributed by atoms with Gasteiger partial charge in [-0.05, 0) is 18.6 Å². The van der Waals surface area contributed by atoms with Crippen LogP contribution in [0, 0.1) is 17.0 Å². The molecule has 0 bridgehead atoms. The quantitative estimate of drug-likeness (QED) is 0.494. The van der Waals surface area contributed by atoms with E-state index in [0.717, 1.165) is 23.0 Å². The molecule has 1 aromatic carbocycles. The number of alkyl halides is 1. The molecule has 0 aliphatic heterocycles. The monoisotopic (exact) mass is 310 g/mol. The third kappa shape index (κ3) is 2.56. The zero-order valence-electron chi connectivity index (χ0n) is 9.71. The molecule has 6 nitrogen and oxygen atoms in total. The molecule has 0 fully saturated rings. The lowest BCUT2D eigenvalue weighted by Crippen LogP contribution is -2.01. The van der Waals surface area contributed by atoms with E-state index < -0.39 is 4.92 Å². The number of benzene rings is 1. The fourth-order valence-corrected chi connectivity index (χ4v) is 2.01. The highest BCUT2D eigenvalue weighted by molar-refractivity contribution is 9.09. The zero-order valence-corrected chi connectivity index (χ0v) is 11.3. The minimum absolute atomic E-state index is 0.0240. The van der Waals surface area contributed by atoms with Crippen LogP contribution in [0.2, 0.25) is 0 Å². The molecule has 0 N–H and O–H groups in total. The van der Waals surface area contributed by atoms with Crippen LogP contribution in [0.1, 0.15) is 11.3 Å². The molecule has 0 saturated carbocycles. The Kier molecular flexibility index (Phi) is 3.71. The predicted molar refractivity (Wildman–Crippen MR) is 70.2 cm³/mol. The molecule has 94 valence electrons. The molecule has 0 unspecified atom stereocenters. The van der Waals surface area contributed by atoms with Crippen molar-refractivity contribution in [2.45, 2.75) is 13.3 Å². The van der Waals surface area contributed by atoms with E-state index >= 15 is 0 Å². The Hall–Kier alpha value is -1.76. The molecule has 1 heterocycles. The molecule has 18 heavy (non-hydrogen) atoms. The van der Waals surface area contributed by atoms with Crippen LogP contribution >= 0.6 is 15.9 Å². The number of rotatable bonds is 4. The summed E-state index contributed by atoms with van der Waals surface area (Å²) in [6.07, 6.45) is 2.45. The molecule has 0 saturated heterocycles. The standard InChI is InChI=1S/C11H11BrN4O2/c1-8-2-3-10(16(17)18)11(6-8)15-7-9(4-5-12)13-14-15/h2-3,6-7H,4-5H2,1H3. The second kappa shape index (κ2) is 5.26. The van der Waals surface area contributed by atoms with Gasteiger partial charge in [-0.2, -0.15) is 0 Å². The fourth-order valence-electron chi connectivity index (χ4n) is 1.60. The number of aromatic nitrogens is 3. The number of nitro benzene ring substituents is 1. The second-order valence-corrected chi connectivity index (χ2v) is 4.64. The van der Waals surface area contributed by atoms with E-state index in [0.29, 0.717) is 5.69 Å². The molecule has 0 amide bonds. The maximum atomic E-state index is 11.0. The number of nitro groups is 1. The minimum atomic E-state index is -0.416. The number of halogens is 1. The highest BCUT2D eigenvalue weighted by Gasteiger charge is 2.16. The normalized spacial score (nSPS) is 10.6. The van der Waals surface area contributed by atoms with Crippen molar-refractivity contribution in [3.8, 4) is 5.69 Å². The summed E-state index contributed by atoms with van der Waals surface area (Å²) in [7, 11) is 0. The van der Waals surface area contributed by atoms with Gasteiger partial charge in [-0.3, -0.25) is 10.1 Å². The van der Waals surface area contributed by atoms with E-state index in [4.69, 9.17) is 0 Å². The number of nitrogens with zero attached hydrogens (tertiary/aromatic N) is 4. The summed E-state index contributed by atoms with van der Waals surface area (Å²) in [6, 6.07) is 4.92. The Morgan fingerprint density at radius 1 is 1.50 bits per heavy atom. The molecule has 0 atom stereocenters. The van der Waals surface area contributed by atoms with Gasteiger partial charge in [0.15, 0.2) is 0 Å². The summed E-state index contributed by atoms with van der Waals surface area (Å²) < 4.78 is 1.45. The maximum Gasteiger partial charge on any atom is 0.294 e. The molecule has 0 radical (unpaired) electrons. The summed E-state index contributed by atoms with van der Waals surface area (Å²) >= 11 is 3.32. The Morgan fingerprint density at radius 3 is 2.94 bits per heavy atom. The van der Waals surface area contributed by atoms with Crippen LogP contribution in [0.3, 0.4) is 0 Å². The lowest BCUT2D eigenvalue weighted by atomic mass is 10.2. The summed E-state index contributed by atoms with van der Waals surface area (Å²) in [5.74, 6) is 0. The first-order chi connectivity index (χ1) is 8.61. The molecule has 1 aromatic heterocycles. The third-order valence-corrected chi connectivity index (χ3v) is 2.86. The molecule has 0 aliphatic rings. The van der Waals surface area contributed by atoms with Crippen LogP contribution in [-0.4, -0.2) is 25.2 Å². The Balaban J connectivity index is 2.47. The number of hydrogen-bond donors (Lipinski definition) is 0. The average Bonchev–Trinajstić information content (AvgIpc) is 2.77. The van der Waals surface area contributed by atoms with E-state index in [-0.39, 0.29) is 5.69 Å². The molecule has 0 spiro atoms. The van der Waals surface area contributed by atoms with E-state index in [1.165, 1.54) is 10.7 Å². The number of hydrogen-bond acceptors (Lipinski definition) is 4. The van der Waals surface area contributed by atoms with E-state index in [9.17, 15) is 10.1 Å². The van der Waals surface area contributed by atoms with Crippen molar-refractivity contribution >= 4 is 21.6 Å². The van der Waals surface area contributed by atoms with Gasteiger partial charge in [0.1, 0.15) is 5.69 Å². The van der Waals surface area contributed by atoms with Crippen molar-refractivity contribution < 1.29 is 4.92 Å². The highest BCUT2D eigenvalue weighted by Crippen LogP contribution is 2.23. The first kappa shape index (κ1) is 12.7. The van der Waals surface area contributed by atoms with Gasteiger partial charge in [-0.1, -0.05) is 27.2 Å². The van der Waals surface area contributed by atoms with Crippen molar-refractivity contribution in [2.75, 3.05) is 5.33 Å². The van der Waals surface area contributed by atoms with Crippen LogP contribution in [0.5, 0.6) is 0 Å². The lowest BCUT2D eigenvalue weighted by molar-refractivity contribution is -0.384. The van der Waals surface area contributed by atoms with Gasteiger partial charge < -0.3 is 0 Å². The summed E-state index contributed by atoms with van der Waals surface area (Å²) in [5.41, 5.74) is 2.19. The fraction of sp³-hybridized carbons (Fsp3) is 0.273. The first-order valence-electron chi connectivity index (χ1n) is 5.34. The Bertz CT molecular complexity index is 582. The SMILES string of the molecule is Cc1ccc([N+](=O)[O-])c(-n2cc(CCBr)nn2)c1. The molecular formula is C11H11BrN4O2. The molecule has 2 rings (SSSR count). The van der Waals surface area contributed by atoms with Crippen molar-refractivity contribution in [3.63, 3.8) is 0 Å². The second-order valence-electron chi connectivity index (χ2n) is 3.84. The van der Waals surface area contributed by atoms with Crippen LogP contribution in [0.4, 0.5) is 5.69 Å². The van der Waals surface area contributed by atoms with E-state index in [1.54, 1.807) is 18.3 Å². The van der Waals surface area contributed by atoms with Gasteiger partial charge in [-0.15, -0.1) is 5.10 Å². The van der Waals surface area contributed by atoms with Gasteiger partial charge >= 0.3 is 0 Å². The molecular weight excluding hydrogens is 300 g/mol. The Morgan fingerprint density at radius 2 is 2.28 bits per heavy atom. The average molecular weight is 311 g/mol. The number of aryl methyl sites for hydroxylation is 2. The summed E-state index contributed by atoms with van der Waals surface area (Å²) in [4.78, 5) is 10.6. The smallest absolute Gasteiger partial charge is 0.258 e. The van der Waals surface area contributed by atoms with Gasteiger partial charge in [0.05, 0.1) is 16.8 Å². The van der Waals surface area contributed by atoms with Crippen molar-refractivity contribution in [1.29, 1.82) is 0 Å². The topological polar surface area (TPSA) is 73.8 Å². The largest absolute Gasteiger partial charge is 0.294 e. The van der Waals surface area contributed by atoms with Gasteiger partial charge in [0.2, 0.25) is 0 Å². The van der Waals surface area contributed by atoms with Crippen LogP contribution in [-0.2, 0) is 6.42 Å². The van der Waals surface area contributed by atoms with Crippen LogP contribution < -0.4 is 0 Å². The summed E-state index contributed by atoms with van der Waals surface area (Å²) in [5, 5.41) is 19.7.